The van der Waals surface area contributed by atoms with Crippen LogP contribution in [0, 0.1) is 0 Å². The number of nitrogens with one attached hydrogen (secondary N) is 3. The highest BCUT2D eigenvalue weighted by Gasteiger charge is 2.15. The summed E-state index contributed by atoms with van der Waals surface area (Å²) in [6.45, 7) is 0.749. The van der Waals surface area contributed by atoms with Crippen LogP contribution in [-0.4, -0.2) is 33.8 Å². The van der Waals surface area contributed by atoms with Crippen molar-refractivity contribution in [2.75, 3.05) is 11.9 Å². The van der Waals surface area contributed by atoms with Gasteiger partial charge < -0.3 is 10.7 Å². The number of hydrogen-bond donors (Lipinski definition) is 3. The molecular weight excluding hydrogens is 340 g/mol. The van der Waals surface area contributed by atoms with Gasteiger partial charge in [-0.2, -0.15) is 10.2 Å². The van der Waals surface area contributed by atoms with Gasteiger partial charge in [-0.1, -0.05) is 12.1 Å². The monoisotopic (exact) mass is 358 g/mol. The number of hydrogen-bond acceptors (Lipinski definition) is 5. The molecule has 4 rings (SSSR count). The highest BCUT2D eigenvalue weighted by atomic mass is 16.1. The Kier molecular flexibility index (Phi) is 4.74. The number of anilines is 1. The Morgan fingerprint density at radius 2 is 2.07 bits per heavy atom. The Morgan fingerprint density at radius 3 is 2.81 bits per heavy atom. The van der Waals surface area contributed by atoms with Crippen molar-refractivity contribution in [3.8, 4) is 11.3 Å². The van der Waals surface area contributed by atoms with Gasteiger partial charge in [0.25, 0.3) is 0 Å². The summed E-state index contributed by atoms with van der Waals surface area (Å²) in [7, 11) is 0. The molecule has 1 unspecified atom stereocenters. The van der Waals surface area contributed by atoms with E-state index in [1.807, 2.05) is 42.6 Å². The molecule has 1 aromatic carbocycles. The summed E-state index contributed by atoms with van der Waals surface area (Å²) in [6, 6.07) is 11.4. The van der Waals surface area contributed by atoms with Gasteiger partial charge in [0, 0.05) is 54.6 Å². The first-order valence-electron chi connectivity index (χ1n) is 8.59. The summed E-state index contributed by atoms with van der Waals surface area (Å²) in [5.74, 6) is -0.0131. The third-order valence-electron chi connectivity index (χ3n) is 4.31. The fraction of sp³-hybridized carbons (Fsp3) is 0.100. The fourth-order valence-electron chi connectivity index (χ4n) is 2.93. The number of rotatable bonds is 5. The SMILES string of the molecule is O=C(/C=C/c1cnccc1C1C=NNC1)Nc1ccc(-c2cc[nH]n2)cc1. The van der Waals surface area contributed by atoms with Gasteiger partial charge in [0.2, 0.25) is 5.91 Å². The summed E-state index contributed by atoms with van der Waals surface area (Å²) in [4.78, 5) is 16.4. The lowest BCUT2D eigenvalue weighted by Gasteiger charge is -2.09. The van der Waals surface area contributed by atoms with E-state index in [0.717, 1.165) is 34.6 Å². The molecule has 0 spiro atoms. The van der Waals surface area contributed by atoms with E-state index in [1.54, 1.807) is 24.7 Å². The molecule has 1 aliphatic heterocycles. The maximum absolute atomic E-state index is 12.3. The number of benzene rings is 1. The Balaban J connectivity index is 1.43. The third-order valence-corrected chi connectivity index (χ3v) is 4.31. The molecule has 7 nitrogen and oxygen atoms in total. The van der Waals surface area contributed by atoms with E-state index < -0.39 is 0 Å². The standard InChI is InChI=1S/C20H18N6O/c27-20(25-17-4-1-14(2-5-17)19-8-10-22-26-19)6-3-15-11-21-9-7-18(15)16-12-23-24-13-16/h1-12,16,24H,13H2,(H,22,26)(H,25,27)/b6-3+. The average Bonchev–Trinajstić information content (AvgIpc) is 3.41. The van der Waals surface area contributed by atoms with E-state index in [0.29, 0.717) is 0 Å². The van der Waals surface area contributed by atoms with E-state index in [1.165, 1.54) is 6.08 Å². The number of aromatic nitrogens is 3. The second kappa shape index (κ2) is 7.65. The summed E-state index contributed by atoms with van der Waals surface area (Å²) < 4.78 is 0. The number of carbonyl (C=O) groups excluding carboxylic acids is 1. The number of pyridine rings is 1. The molecule has 1 atom stereocenters. The quantitative estimate of drug-likeness (QED) is 0.611. The molecule has 1 aliphatic rings. The Morgan fingerprint density at radius 1 is 1.19 bits per heavy atom. The maximum atomic E-state index is 12.3. The lowest BCUT2D eigenvalue weighted by Crippen LogP contribution is -2.10. The van der Waals surface area contributed by atoms with Crippen molar-refractivity contribution in [1.29, 1.82) is 0 Å². The van der Waals surface area contributed by atoms with Gasteiger partial charge in [0.05, 0.1) is 5.69 Å². The van der Waals surface area contributed by atoms with Crippen LogP contribution < -0.4 is 10.7 Å². The first kappa shape index (κ1) is 16.7. The largest absolute Gasteiger partial charge is 0.323 e. The van der Waals surface area contributed by atoms with Crippen LogP contribution in [0.5, 0.6) is 0 Å². The van der Waals surface area contributed by atoms with Gasteiger partial charge in [0.15, 0.2) is 0 Å². The van der Waals surface area contributed by atoms with Crippen molar-refractivity contribution in [3.05, 3.63) is 72.2 Å². The van der Waals surface area contributed by atoms with Gasteiger partial charge in [-0.25, -0.2) is 0 Å². The lowest BCUT2D eigenvalue weighted by molar-refractivity contribution is -0.111. The molecule has 0 radical (unpaired) electrons. The zero-order valence-electron chi connectivity index (χ0n) is 14.5. The molecular formula is C20H18N6O. The molecule has 0 saturated heterocycles. The summed E-state index contributed by atoms with van der Waals surface area (Å²) in [5, 5.41) is 13.8. The highest BCUT2D eigenvalue weighted by Crippen LogP contribution is 2.21. The number of amides is 1. The fourth-order valence-corrected chi connectivity index (χ4v) is 2.93. The minimum absolute atomic E-state index is 0.185. The smallest absolute Gasteiger partial charge is 0.248 e. The van der Waals surface area contributed by atoms with Crippen LogP contribution in [0.2, 0.25) is 0 Å². The van der Waals surface area contributed by atoms with Crippen LogP contribution in [-0.2, 0) is 4.79 Å². The average molecular weight is 358 g/mol. The molecule has 7 heteroatoms. The van der Waals surface area contributed by atoms with Crippen LogP contribution >= 0.6 is 0 Å². The minimum atomic E-state index is -0.199. The molecule has 3 N–H and O–H groups in total. The number of aromatic amines is 1. The Hall–Kier alpha value is -3.74. The van der Waals surface area contributed by atoms with E-state index in [9.17, 15) is 4.79 Å². The van der Waals surface area contributed by atoms with Gasteiger partial charge >= 0.3 is 0 Å². The number of carbonyl (C=O) groups is 1. The molecule has 0 bridgehead atoms. The van der Waals surface area contributed by atoms with Crippen molar-refractivity contribution in [3.63, 3.8) is 0 Å². The second-order valence-electron chi connectivity index (χ2n) is 6.11. The number of nitrogens with zero attached hydrogens (tertiary/aromatic N) is 3. The predicted molar refractivity (Wildman–Crippen MR) is 105 cm³/mol. The first-order valence-corrected chi connectivity index (χ1v) is 8.59. The maximum Gasteiger partial charge on any atom is 0.248 e. The summed E-state index contributed by atoms with van der Waals surface area (Å²) in [6.07, 6.45) is 10.4. The van der Waals surface area contributed by atoms with Crippen molar-refractivity contribution in [1.82, 2.24) is 20.6 Å². The zero-order valence-corrected chi connectivity index (χ0v) is 14.5. The van der Waals surface area contributed by atoms with Crippen LogP contribution in [0.4, 0.5) is 5.69 Å². The summed E-state index contributed by atoms with van der Waals surface area (Å²) >= 11 is 0. The van der Waals surface area contributed by atoms with E-state index >= 15 is 0 Å². The van der Waals surface area contributed by atoms with E-state index in [-0.39, 0.29) is 11.8 Å². The first-order chi connectivity index (χ1) is 13.3. The molecule has 27 heavy (non-hydrogen) atoms. The van der Waals surface area contributed by atoms with Gasteiger partial charge in [0.1, 0.15) is 0 Å². The topological polar surface area (TPSA) is 95.1 Å². The third kappa shape index (κ3) is 3.92. The molecule has 1 amide bonds. The van der Waals surface area contributed by atoms with Crippen molar-refractivity contribution >= 4 is 23.9 Å². The number of H-pyrrole nitrogens is 1. The lowest BCUT2D eigenvalue weighted by atomic mass is 9.97. The molecule has 0 fully saturated rings. The minimum Gasteiger partial charge on any atom is -0.323 e. The van der Waals surface area contributed by atoms with Crippen molar-refractivity contribution in [2.24, 2.45) is 5.10 Å². The van der Waals surface area contributed by atoms with Crippen LogP contribution in [0.1, 0.15) is 17.0 Å². The van der Waals surface area contributed by atoms with E-state index in [2.05, 4.69) is 31.0 Å². The molecule has 134 valence electrons. The van der Waals surface area contributed by atoms with Crippen molar-refractivity contribution in [2.45, 2.75) is 5.92 Å². The van der Waals surface area contributed by atoms with Gasteiger partial charge in [-0.3, -0.25) is 14.9 Å². The van der Waals surface area contributed by atoms with Crippen LogP contribution in [0.15, 0.2) is 66.2 Å². The van der Waals surface area contributed by atoms with Crippen LogP contribution in [0.25, 0.3) is 17.3 Å². The summed E-state index contributed by atoms with van der Waals surface area (Å²) in [5.41, 5.74) is 7.51. The molecule has 3 aromatic rings. The highest BCUT2D eigenvalue weighted by molar-refractivity contribution is 6.02. The van der Waals surface area contributed by atoms with Gasteiger partial charge in [-0.05, 0) is 41.5 Å². The van der Waals surface area contributed by atoms with Gasteiger partial charge in [-0.15, -0.1) is 0 Å². The number of hydrazone groups is 1. The zero-order chi connectivity index (χ0) is 18.5. The van der Waals surface area contributed by atoms with Crippen molar-refractivity contribution < 1.29 is 4.79 Å². The van der Waals surface area contributed by atoms with Crippen LogP contribution in [0.3, 0.4) is 0 Å². The normalized spacial score (nSPS) is 15.8. The Bertz CT molecular complexity index is 976. The predicted octanol–water partition coefficient (Wildman–Crippen LogP) is 2.80. The Labute approximate surface area is 156 Å². The second-order valence-corrected chi connectivity index (χ2v) is 6.11. The molecule has 3 heterocycles. The molecule has 0 saturated carbocycles. The molecule has 0 aliphatic carbocycles. The van der Waals surface area contributed by atoms with E-state index in [4.69, 9.17) is 0 Å². The molecule has 2 aromatic heterocycles.